The molecule has 1 amide bonds. The Labute approximate surface area is 146 Å². The number of halogens is 3. The van der Waals surface area contributed by atoms with Gasteiger partial charge in [-0.15, -0.1) is 11.3 Å². The zero-order chi connectivity index (χ0) is 16.4. The van der Waals surface area contributed by atoms with E-state index in [1.54, 1.807) is 6.08 Å². The maximum atomic E-state index is 13.6. The standard InChI is InChI=1S/C17H10Cl2FNOS/c18-10-5-6-13(12(20)9-10)21-16(22)8-7-15-17(19)11-3-1-2-4-14(11)23-15/h1-9H,(H,21,22)/b8-7+. The van der Waals surface area contributed by atoms with Crippen molar-refractivity contribution in [2.24, 2.45) is 0 Å². The van der Waals surface area contributed by atoms with Gasteiger partial charge in [0.25, 0.3) is 0 Å². The lowest BCUT2D eigenvalue weighted by atomic mass is 10.2. The van der Waals surface area contributed by atoms with E-state index in [0.29, 0.717) is 5.02 Å². The van der Waals surface area contributed by atoms with Crippen LogP contribution in [-0.2, 0) is 4.79 Å². The summed E-state index contributed by atoms with van der Waals surface area (Å²) in [7, 11) is 0. The van der Waals surface area contributed by atoms with Crippen LogP contribution in [0.3, 0.4) is 0 Å². The molecule has 0 unspecified atom stereocenters. The van der Waals surface area contributed by atoms with Gasteiger partial charge in [0.1, 0.15) is 5.82 Å². The second-order valence-corrected chi connectivity index (χ2v) is 6.62. The Morgan fingerprint density at radius 2 is 1.96 bits per heavy atom. The quantitative estimate of drug-likeness (QED) is 0.566. The Bertz CT molecular complexity index is 920. The van der Waals surface area contributed by atoms with Crippen molar-refractivity contribution in [2.75, 3.05) is 5.32 Å². The highest BCUT2D eigenvalue weighted by Crippen LogP contribution is 2.35. The highest BCUT2D eigenvalue weighted by atomic mass is 35.5. The smallest absolute Gasteiger partial charge is 0.248 e. The van der Waals surface area contributed by atoms with Crippen molar-refractivity contribution in [3.8, 4) is 0 Å². The topological polar surface area (TPSA) is 29.1 Å². The molecule has 0 saturated heterocycles. The van der Waals surface area contributed by atoms with Crippen molar-refractivity contribution in [2.45, 2.75) is 0 Å². The van der Waals surface area contributed by atoms with Gasteiger partial charge in [0.15, 0.2) is 0 Å². The van der Waals surface area contributed by atoms with Gasteiger partial charge in [0.2, 0.25) is 5.91 Å². The molecule has 0 aliphatic heterocycles. The molecule has 3 rings (SSSR count). The molecule has 0 fully saturated rings. The van der Waals surface area contributed by atoms with Gasteiger partial charge < -0.3 is 5.32 Å². The van der Waals surface area contributed by atoms with E-state index in [-0.39, 0.29) is 10.7 Å². The molecule has 0 saturated carbocycles. The maximum Gasteiger partial charge on any atom is 0.248 e. The molecule has 0 bridgehead atoms. The molecule has 0 aliphatic carbocycles. The second-order valence-electron chi connectivity index (χ2n) is 4.72. The van der Waals surface area contributed by atoms with Crippen LogP contribution in [0.15, 0.2) is 48.5 Å². The summed E-state index contributed by atoms with van der Waals surface area (Å²) in [6.45, 7) is 0. The Hall–Kier alpha value is -1.88. The summed E-state index contributed by atoms with van der Waals surface area (Å²) in [6, 6.07) is 11.8. The van der Waals surface area contributed by atoms with E-state index < -0.39 is 11.7 Å². The third kappa shape index (κ3) is 3.55. The molecule has 6 heteroatoms. The summed E-state index contributed by atoms with van der Waals surface area (Å²) in [5, 5.41) is 4.29. The minimum absolute atomic E-state index is 0.0755. The number of carbonyl (C=O) groups excluding carboxylic acids is 1. The van der Waals surface area contributed by atoms with Gasteiger partial charge in [-0.3, -0.25) is 4.79 Å². The number of nitrogens with one attached hydrogen (secondary N) is 1. The molecule has 2 nitrogen and oxygen atoms in total. The van der Waals surface area contributed by atoms with E-state index in [2.05, 4.69) is 5.32 Å². The fourth-order valence-corrected chi connectivity index (χ4v) is 3.61. The van der Waals surface area contributed by atoms with Gasteiger partial charge in [0.05, 0.1) is 10.7 Å². The van der Waals surface area contributed by atoms with Crippen LogP contribution in [0.2, 0.25) is 10.0 Å². The molecule has 0 spiro atoms. The first-order valence-electron chi connectivity index (χ1n) is 6.66. The van der Waals surface area contributed by atoms with Crippen LogP contribution < -0.4 is 5.32 Å². The first kappa shape index (κ1) is 16.0. The Morgan fingerprint density at radius 3 is 2.70 bits per heavy atom. The zero-order valence-electron chi connectivity index (χ0n) is 11.6. The van der Waals surface area contributed by atoms with E-state index in [1.807, 2.05) is 24.3 Å². The highest BCUT2D eigenvalue weighted by Gasteiger charge is 2.09. The molecule has 1 heterocycles. The lowest BCUT2D eigenvalue weighted by molar-refractivity contribution is -0.111. The maximum absolute atomic E-state index is 13.6. The molecule has 1 N–H and O–H groups in total. The molecular formula is C17H10Cl2FNOS. The Balaban J connectivity index is 1.78. The monoisotopic (exact) mass is 365 g/mol. The van der Waals surface area contributed by atoms with Crippen LogP contribution in [0.4, 0.5) is 10.1 Å². The summed E-state index contributed by atoms with van der Waals surface area (Å²) in [4.78, 5) is 12.7. The fraction of sp³-hybridized carbons (Fsp3) is 0. The largest absolute Gasteiger partial charge is 0.320 e. The summed E-state index contributed by atoms with van der Waals surface area (Å²) in [6.07, 6.45) is 2.95. The number of hydrogen-bond acceptors (Lipinski definition) is 2. The SMILES string of the molecule is O=C(/C=C/c1sc2ccccc2c1Cl)Nc1ccc(Cl)cc1F. The molecule has 0 aliphatic rings. The second kappa shape index (κ2) is 6.71. The number of thiophene rings is 1. The van der Waals surface area contributed by atoms with E-state index in [9.17, 15) is 9.18 Å². The third-order valence-electron chi connectivity index (χ3n) is 3.13. The minimum Gasteiger partial charge on any atom is -0.320 e. The average Bonchev–Trinajstić information content (AvgIpc) is 2.85. The number of anilines is 1. The van der Waals surface area contributed by atoms with Gasteiger partial charge >= 0.3 is 0 Å². The molecule has 2 aromatic carbocycles. The first-order valence-corrected chi connectivity index (χ1v) is 8.23. The van der Waals surface area contributed by atoms with Crippen LogP contribution in [0.25, 0.3) is 16.2 Å². The third-order valence-corrected chi connectivity index (χ3v) is 5.03. The predicted molar refractivity (Wildman–Crippen MR) is 95.9 cm³/mol. The molecule has 116 valence electrons. The molecule has 0 radical (unpaired) electrons. The number of benzene rings is 2. The van der Waals surface area contributed by atoms with Crippen molar-refractivity contribution in [3.63, 3.8) is 0 Å². The lowest BCUT2D eigenvalue weighted by Gasteiger charge is -2.03. The number of fused-ring (bicyclic) bond motifs is 1. The Morgan fingerprint density at radius 1 is 1.17 bits per heavy atom. The summed E-state index contributed by atoms with van der Waals surface area (Å²) in [5.41, 5.74) is 0.0755. The highest BCUT2D eigenvalue weighted by molar-refractivity contribution is 7.20. The number of amides is 1. The lowest BCUT2D eigenvalue weighted by Crippen LogP contribution is -2.09. The molecule has 23 heavy (non-hydrogen) atoms. The number of rotatable bonds is 3. The van der Waals surface area contributed by atoms with Crippen LogP contribution in [0.1, 0.15) is 4.88 Å². The number of carbonyl (C=O) groups is 1. The van der Waals surface area contributed by atoms with E-state index >= 15 is 0 Å². The van der Waals surface area contributed by atoms with Crippen LogP contribution >= 0.6 is 34.5 Å². The minimum atomic E-state index is -0.584. The van der Waals surface area contributed by atoms with Crippen molar-refractivity contribution in [3.05, 3.63) is 69.3 Å². The summed E-state index contributed by atoms with van der Waals surface area (Å²) < 4.78 is 14.7. The van der Waals surface area contributed by atoms with Gasteiger partial charge in [-0.05, 0) is 30.3 Å². The average molecular weight is 366 g/mol. The Kier molecular flexibility index (Phi) is 4.66. The van der Waals surface area contributed by atoms with Crippen LogP contribution in [0, 0.1) is 5.82 Å². The van der Waals surface area contributed by atoms with E-state index in [1.165, 1.54) is 29.5 Å². The van der Waals surface area contributed by atoms with Gasteiger partial charge in [0, 0.05) is 26.1 Å². The molecule has 1 aromatic heterocycles. The van der Waals surface area contributed by atoms with Gasteiger partial charge in [-0.25, -0.2) is 4.39 Å². The zero-order valence-corrected chi connectivity index (χ0v) is 14.0. The molecule has 3 aromatic rings. The fourth-order valence-electron chi connectivity index (χ4n) is 2.06. The van der Waals surface area contributed by atoms with E-state index in [4.69, 9.17) is 23.2 Å². The van der Waals surface area contributed by atoms with Crippen molar-refractivity contribution >= 4 is 62.3 Å². The van der Waals surface area contributed by atoms with Gasteiger partial charge in [-0.2, -0.15) is 0 Å². The summed E-state index contributed by atoms with van der Waals surface area (Å²) >= 11 is 13.5. The van der Waals surface area contributed by atoms with Crippen molar-refractivity contribution < 1.29 is 9.18 Å². The van der Waals surface area contributed by atoms with Crippen molar-refractivity contribution in [1.82, 2.24) is 0 Å². The van der Waals surface area contributed by atoms with Crippen molar-refractivity contribution in [1.29, 1.82) is 0 Å². The predicted octanol–water partition coefficient (Wildman–Crippen LogP) is 6.00. The normalized spacial score (nSPS) is 11.3. The molecular weight excluding hydrogens is 356 g/mol. The molecule has 0 atom stereocenters. The number of hydrogen-bond donors (Lipinski definition) is 1. The van der Waals surface area contributed by atoms with Crippen LogP contribution in [0.5, 0.6) is 0 Å². The summed E-state index contributed by atoms with van der Waals surface area (Å²) in [5.74, 6) is -1.03. The van der Waals surface area contributed by atoms with Gasteiger partial charge in [-0.1, -0.05) is 41.4 Å². The first-order chi connectivity index (χ1) is 11.0. The van der Waals surface area contributed by atoms with E-state index in [0.717, 1.165) is 21.0 Å². The van der Waals surface area contributed by atoms with Crippen LogP contribution in [-0.4, -0.2) is 5.91 Å².